The summed E-state index contributed by atoms with van der Waals surface area (Å²) in [6, 6.07) is 9.27. The Bertz CT molecular complexity index is 1260. The zero-order valence-electron chi connectivity index (χ0n) is 17.6. The summed E-state index contributed by atoms with van der Waals surface area (Å²) in [5.74, 6) is -1.04. The lowest BCUT2D eigenvalue weighted by Crippen LogP contribution is -2.48. The van der Waals surface area contributed by atoms with Gasteiger partial charge in [-0.1, -0.05) is 30.3 Å². The highest BCUT2D eigenvalue weighted by Crippen LogP contribution is 2.28. The summed E-state index contributed by atoms with van der Waals surface area (Å²) in [6.45, 7) is 0.340. The quantitative estimate of drug-likeness (QED) is 0.459. The van der Waals surface area contributed by atoms with Gasteiger partial charge in [-0.2, -0.15) is 0 Å². The first-order valence-corrected chi connectivity index (χ1v) is 10.3. The van der Waals surface area contributed by atoms with E-state index in [1.54, 1.807) is 11.7 Å². The number of carbonyl (C=O) groups excluding carboxylic acids is 2. The van der Waals surface area contributed by atoms with Crippen molar-refractivity contribution in [1.82, 2.24) is 29.5 Å². The van der Waals surface area contributed by atoms with Crippen LogP contribution in [0.25, 0.3) is 11.2 Å². The van der Waals surface area contributed by atoms with E-state index in [0.29, 0.717) is 13.2 Å². The number of rotatable bonds is 8. The lowest BCUT2D eigenvalue weighted by Gasteiger charge is -2.13. The molecule has 2 heterocycles. The Kier molecular flexibility index (Phi) is 6.17. The van der Waals surface area contributed by atoms with Crippen LogP contribution >= 0.6 is 0 Å². The third-order valence-electron chi connectivity index (χ3n) is 5.28. The molecule has 1 aliphatic rings. The predicted molar refractivity (Wildman–Crippen MR) is 115 cm³/mol. The Labute approximate surface area is 182 Å². The molecule has 11 heteroatoms. The van der Waals surface area contributed by atoms with E-state index >= 15 is 0 Å². The Hall–Kier alpha value is -3.73. The molecule has 0 saturated heterocycles. The van der Waals surface area contributed by atoms with Crippen molar-refractivity contribution in [3.8, 4) is 0 Å². The highest BCUT2D eigenvalue weighted by atomic mass is 16.5. The molecule has 1 aromatic carbocycles. The topological polar surface area (TPSA) is 129 Å². The standard InChI is InChI=1S/C21H24N6O5/c1-32-10-9-25-13-22-18-17(25)20(30)27(12-16(28)23-24-19(29)15-7-8-15)21(31)26(18)11-14-5-3-2-4-6-14/h2-6,13,15H,7-12H2,1H3,(H,23,28)(H,24,29). The molecule has 1 saturated carbocycles. The number of hydrazine groups is 1. The van der Waals surface area contributed by atoms with Gasteiger partial charge in [-0.05, 0) is 18.4 Å². The van der Waals surface area contributed by atoms with E-state index in [1.165, 1.54) is 10.9 Å². The summed E-state index contributed by atoms with van der Waals surface area (Å²) in [6.07, 6.45) is 3.05. The van der Waals surface area contributed by atoms with E-state index in [2.05, 4.69) is 15.8 Å². The van der Waals surface area contributed by atoms with E-state index in [0.717, 1.165) is 23.0 Å². The maximum atomic E-state index is 13.2. The molecule has 2 N–H and O–H groups in total. The van der Waals surface area contributed by atoms with Gasteiger partial charge in [-0.3, -0.25) is 29.8 Å². The van der Waals surface area contributed by atoms with Gasteiger partial charge in [0.1, 0.15) is 6.54 Å². The number of nitrogens with zero attached hydrogens (tertiary/aromatic N) is 4. The Morgan fingerprint density at radius 1 is 1.12 bits per heavy atom. The van der Waals surface area contributed by atoms with Crippen LogP contribution in [0.15, 0.2) is 46.2 Å². The molecule has 0 unspecified atom stereocenters. The molecule has 2 aromatic heterocycles. The third-order valence-corrected chi connectivity index (χ3v) is 5.28. The molecule has 0 spiro atoms. The summed E-state index contributed by atoms with van der Waals surface area (Å²) in [5.41, 5.74) is 4.60. The van der Waals surface area contributed by atoms with Gasteiger partial charge in [0.05, 0.1) is 19.5 Å². The van der Waals surface area contributed by atoms with Gasteiger partial charge in [0.25, 0.3) is 11.5 Å². The molecule has 0 aliphatic heterocycles. The van der Waals surface area contributed by atoms with E-state index < -0.39 is 23.7 Å². The second-order valence-electron chi connectivity index (χ2n) is 7.66. The molecule has 2 amide bonds. The van der Waals surface area contributed by atoms with Crippen LogP contribution in [0.4, 0.5) is 0 Å². The first kappa shape index (κ1) is 21.5. The average Bonchev–Trinajstić information content (AvgIpc) is 3.57. The van der Waals surface area contributed by atoms with Gasteiger partial charge in [-0.15, -0.1) is 0 Å². The number of benzene rings is 1. The number of amides is 2. The summed E-state index contributed by atoms with van der Waals surface area (Å²) in [5, 5.41) is 0. The van der Waals surface area contributed by atoms with Gasteiger partial charge in [0.2, 0.25) is 5.91 Å². The van der Waals surface area contributed by atoms with Crippen molar-refractivity contribution in [1.29, 1.82) is 0 Å². The number of carbonyl (C=O) groups is 2. The van der Waals surface area contributed by atoms with Crippen LogP contribution in [-0.4, -0.2) is 44.2 Å². The number of fused-ring (bicyclic) bond motifs is 1. The van der Waals surface area contributed by atoms with Gasteiger partial charge < -0.3 is 9.30 Å². The van der Waals surface area contributed by atoms with Crippen molar-refractivity contribution in [2.75, 3.05) is 13.7 Å². The highest BCUT2D eigenvalue weighted by Gasteiger charge is 2.30. The van der Waals surface area contributed by atoms with Crippen molar-refractivity contribution < 1.29 is 14.3 Å². The Balaban J connectivity index is 1.71. The molecule has 1 fully saturated rings. The molecule has 11 nitrogen and oxygen atoms in total. The minimum absolute atomic E-state index is 0.0902. The van der Waals surface area contributed by atoms with Crippen LogP contribution < -0.4 is 22.1 Å². The monoisotopic (exact) mass is 440 g/mol. The molecule has 0 bridgehead atoms. The van der Waals surface area contributed by atoms with Crippen molar-refractivity contribution in [2.24, 2.45) is 5.92 Å². The maximum absolute atomic E-state index is 13.2. The average molecular weight is 440 g/mol. The van der Waals surface area contributed by atoms with Crippen molar-refractivity contribution in [3.63, 3.8) is 0 Å². The van der Waals surface area contributed by atoms with Crippen molar-refractivity contribution in [3.05, 3.63) is 63.1 Å². The maximum Gasteiger partial charge on any atom is 0.333 e. The first-order chi connectivity index (χ1) is 15.5. The molecular weight excluding hydrogens is 416 g/mol. The predicted octanol–water partition coefficient (Wildman–Crippen LogP) is -0.388. The third kappa shape index (κ3) is 4.47. The number of aromatic nitrogens is 4. The largest absolute Gasteiger partial charge is 0.383 e. The van der Waals surface area contributed by atoms with Crippen molar-refractivity contribution >= 4 is 23.0 Å². The lowest BCUT2D eigenvalue weighted by atomic mass is 10.2. The van der Waals surface area contributed by atoms with E-state index in [4.69, 9.17) is 4.74 Å². The fourth-order valence-electron chi connectivity index (χ4n) is 3.41. The number of hydrogen-bond acceptors (Lipinski definition) is 6. The minimum atomic E-state index is -0.674. The highest BCUT2D eigenvalue weighted by molar-refractivity contribution is 5.84. The Morgan fingerprint density at radius 2 is 1.88 bits per heavy atom. The molecule has 32 heavy (non-hydrogen) atoms. The zero-order valence-corrected chi connectivity index (χ0v) is 17.6. The van der Waals surface area contributed by atoms with E-state index in [1.807, 2.05) is 30.3 Å². The van der Waals surface area contributed by atoms with Crippen LogP contribution in [-0.2, 0) is 34.0 Å². The number of ether oxygens (including phenoxy) is 1. The molecular formula is C21H24N6O5. The summed E-state index contributed by atoms with van der Waals surface area (Å²) in [4.78, 5) is 54.8. The summed E-state index contributed by atoms with van der Waals surface area (Å²) < 4.78 is 8.92. The molecule has 4 rings (SSSR count). The SMILES string of the molecule is COCCn1cnc2c1c(=O)n(CC(=O)NNC(=O)C1CC1)c(=O)n2Cc1ccccc1. The van der Waals surface area contributed by atoms with Gasteiger partial charge in [0, 0.05) is 19.6 Å². The van der Waals surface area contributed by atoms with Crippen LogP contribution in [0.2, 0.25) is 0 Å². The Morgan fingerprint density at radius 3 is 2.56 bits per heavy atom. The van der Waals surface area contributed by atoms with E-state index in [9.17, 15) is 19.2 Å². The molecule has 0 radical (unpaired) electrons. The summed E-state index contributed by atoms with van der Waals surface area (Å²) in [7, 11) is 1.54. The zero-order chi connectivity index (χ0) is 22.7. The van der Waals surface area contributed by atoms with E-state index in [-0.39, 0.29) is 29.5 Å². The fraction of sp³-hybridized carbons (Fsp3) is 0.381. The van der Waals surface area contributed by atoms with Crippen LogP contribution in [0.1, 0.15) is 18.4 Å². The number of hydrogen-bond donors (Lipinski definition) is 2. The van der Waals surface area contributed by atoms with Gasteiger partial charge in [0.15, 0.2) is 11.2 Å². The molecule has 0 atom stereocenters. The van der Waals surface area contributed by atoms with Crippen LogP contribution in [0.5, 0.6) is 0 Å². The number of nitrogens with one attached hydrogen (secondary N) is 2. The second kappa shape index (κ2) is 9.18. The van der Waals surface area contributed by atoms with Crippen LogP contribution in [0.3, 0.4) is 0 Å². The second-order valence-corrected chi connectivity index (χ2v) is 7.66. The molecule has 3 aromatic rings. The summed E-state index contributed by atoms with van der Waals surface area (Å²) >= 11 is 0. The molecule has 168 valence electrons. The number of methoxy groups -OCH3 is 1. The first-order valence-electron chi connectivity index (χ1n) is 10.3. The lowest BCUT2D eigenvalue weighted by molar-refractivity contribution is -0.129. The minimum Gasteiger partial charge on any atom is -0.383 e. The van der Waals surface area contributed by atoms with Crippen LogP contribution in [0, 0.1) is 5.92 Å². The molecule has 1 aliphatic carbocycles. The number of imidazole rings is 1. The fourth-order valence-corrected chi connectivity index (χ4v) is 3.41. The smallest absolute Gasteiger partial charge is 0.333 e. The van der Waals surface area contributed by atoms with Gasteiger partial charge in [-0.25, -0.2) is 14.3 Å². The van der Waals surface area contributed by atoms with Crippen molar-refractivity contribution in [2.45, 2.75) is 32.5 Å². The van der Waals surface area contributed by atoms with Gasteiger partial charge >= 0.3 is 5.69 Å². The normalized spacial score (nSPS) is 13.3.